The van der Waals surface area contributed by atoms with E-state index in [0.717, 1.165) is 18.3 Å². The summed E-state index contributed by atoms with van der Waals surface area (Å²) in [5.74, 6) is 1.72. The van der Waals surface area contributed by atoms with Gasteiger partial charge in [0.1, 0.15) is 0 Å². The van der Waals surface area contributed by atoms with Crippen molar-refractivity contribution in [3.63, 3.8) is 0 Å². The van der Waals surface area contributed by atoms with E-state index in [2.05, 4.69) is 77.5 Å². The normalized spacial score (nSPS) is 23.1. The van der Waals surface area contributed by atoms with E-state index in [0.29, 0.717) is 4.83 Å². The van der Waals surface area contributed by atoms with Gasteiger partial charge in [-0.15, -0.1) is 0 Å². The second kappa shape index (κ2) is 5.50. The maximum atomic E-state index is 3.84. The van der Waals surface area contributed by atoms with Gasteiger partial charge in [0, 0.05) is 4.83 Å². The minimum atomic E-state index is 0.535. The summed E-state index contributed by atoms with van der Waals surface area (Å²) in [4.78, 5) is 0.535. The van der Waals surface area contributed by atoms with Crippen LogP contribution in [0.15, 0.2) is 54.6 Å². The summed E-state index contributed by atoms with van der Waals surface area (Å²) in [6.45, 7) is 2.34. The van der Waals surface area contributed by atoms with Crippen molar-refractivity contribution in [1.82, 2.24) is 0 Å². The number of hydrogen-bond acceptors (Lipinski definition) is 0. The molecule has 0 heterocycles. The van der Waals surface area contributed by atoms with Gasteiger partial charge >= 0.3 is 0 Å². The van der Waals surface area contributed by atoms with Crippen LogP contribution in [-0.4, -0.2) is 0 Å². The van der Waals surface area contributed by atoms with Crippen LogP contribution in [0.5, 0.6) is 0 Å². The Labute approximate surface area is 124 Å². The van der Waals surface area contributed by atoms with E-state index < -0.39 is 0 Å². The highest BCUT2D eigenvalue weighted by Crippen LogP contribution is 2.51. The van der Waals surface area contributed by atoms with Gasteiger partial charge < -0.3 is 0 Å². The number of benzene rings is 2. The molecular formula is C18H19Br. The van der Waals surface area contributed by atoms with Crippen LogP contribution < -0.4 is 0 Å². The predicted octanol–water partition coefficient (Wildman–Crippen LogP) is 5.37. The zero-order chi connectivity index (χ0) is 13.2. The lowest BCUT2D eigenvalue weighted by atomic mass is 10.0. The standard InChI is InChI=1S/C18H19Br/c1-13-11-17(13)18(19)16-9-7-15(8-10-16)12-14-5-3-2-4-6-14/h2-10,13,17-18H,11-12H2,1H3. The first kappa shape index (κ1) is 12.9. The molecule has 0 bridgehead atoms. The SMILES string of the molecule is CC1CC1C(Br)c1ccc(Cc2ccccc2)cc1. The molecule has 1 heteroatoms. The number of hydrogen-bond donors (Lipinski definition) is 0. The first-order valence-corrected chi connectivity index (χ1v) is 7.92. The summed E-state index contributed by atoms with van der Waals surface area (Å²) in [6, 6.07) is 19.7. The van der Waals surface area contributed by atoms with Gasteiger partial charge in [-0.1, -0.05) is 77.5 Å². The summed E-state index contributed by atoms with van der Waals surface area (Å²) in [7, 11) is 0. The van der Waals surface area contributed by atoms with Crippen LogP contribution in [0.1, 0.15) is 34.9 Å². The average Bonchev–Trinajstić information content (AvgIpc) is 3.17. The van der Waals surface area contributed by atoms with Crippen LogP contribution in [-0.2, 0) is 6.42 Å². The van der Waals surface area contributed by atoms with Crippen molar-refractivity contribution < 1.29 is 0 Å². The molecule has 1 saturated carbocycles. The topological polar surface area (TPSA) is 0 Å². The molecule has 0 saturated heterocycles. The zero-order valence-corrected chi connectivity index (χ0v) is 12.8. The third-order valence-electron chi connectivity index (χ3n) is 4.10. The van der Waals surface area contributed by atoms with Crippen LogP contribution >= 0.6 is 15.9 Å². The fourth-order valence-corrected chi connectivity index (χ4v) is 3.70. The second-order valence-corrected chi connectivity index (χ2v) is 6.67. The molecule has 1 fully saturated rings. The second-order valence-electron chi connectivity index (χ2n) is 5.68. The summed E-state index contributed by atoms with van der Waals surface area (Å²) >= 11 is 3.84. The lowest BCUT2D eigenvalue weighted by Crippen LogP contribution is -1.95. The summed E-state index contributed by atoms with van der Waals surface area (Å²) < 4.78 is 0. The molecule has 0 nitrogen and oxygen atoms in total. The number of rotatable bonds is 4. The molecule has 2 aromatic rings. The Morgan fingerprint density at radius 1 is 1.00 bits per heavy atom. The first-order valence-electron chi connectivity index (χ1n) is 7.01. The highest BCUT2D eigenvalue weighted by Gasteiger charge is 2.38. The molecule has 0 radical (unpaired) electrons. The van der Waals surface area contributed by atoms with Gasteiger partial charge in [-0.25, -0.2) is 0 Å². The Kier molecular flexibility index (Phi) is 3.74. The molecule has 3 unspecified atom stereocenters. The van der Waals surface area contributed by atoms with E-state index in [1.807, 2.05) is 0 Å². The third kappa shape index (κ3) is 3.09. The fourth-order valence-electron chi connectivity index (χ4n) is 2.66. The van der Waals surface area contributed by atoms with Crippen molar-refractivity contribution in [2.75, 3.05) is 0 Å². The maximum Gasteiger partial charge on any atom is 0.0426 e. The van der Waals surface area contributed by atoms with E-state index >= 15 is 0 Å². The van der Waals surface area contributed by atoms with Gasteiger partial charge in [0.2, 0.25) is 0 Å². The van der Waals surface area contributed by atoms with Crippen LogP contribution in [0.4, 0.5) is 0 Å². The number of alkyl halides is 1. The molecule has 3 atom stereocenters. The fraction of sp³-hybridized carbons (Fsp3) is 0.333. The quantitative estimate of drug-likeness (QED) is 0.665. The van der Waals surface area contributed by atoms with Crippen molar-refractivity contribution >= 4 is 15.9 Å². The minimum absolute atomic E-state index is 0.535. The van der Waals surface area contributed by atoms with Crippen molar-refractivity contribution in [2.45, 2.75) is 24.6 Å². The first-order chi connectivity index (χ1) is 9.24. The highest BCUT2D eigenvalue weighted by molar-refractivity contribution is 9.09. The smallest absolute Gasteiger partial charge is 0.0426 e. The Bertz CT molecular complexity index is 529. The molecule has 19 heavy (non-hydrogen) atoms. The molecule has 0 amide bonds. The summed E-state index contributed by atoms with van der Waals surface area (Å²) in [5, 5.41) is 0. The van der Waals surface area contributed by atoms with Gasteiger partial charge in [-0.05, 0) is 41.4 Å². The molecule has 2 aromatic carbocycles. The predicted molar refractivity (Wildman–Crippen MR) is 84.6 cm³/mol. The van der Waals surface area contributed by atoms with Crippen LogP contribution in [0.2, 0.25) is 0 Å². The molecule has 1 aliphatic carbocycles. The van der Waals surface area contributed by atoms with Gasteiger partial charge in [0.25, 0.3) is 0 Å². The Hall–Kier alpha value is -1.08. The molecule has 3 rings (SSSR count). The van der Waals surface area contributed by atoms with Crippen LogP contribution in [0.3, 0.4) is 0 Å². The van der Waals surface area contributed by atoms with Gasteiger partial charge in [-0.3, -0.25) is 0 Å². The van der Waals surface area contributed by atoms with Crippen LogP contribution in [0, 0.1) is 11.8 Å². The van der Waals surface area contributed by atoms with Crippen molar-refractivity contribution in [1.29, 1.82) is 0 Å². The molecule has 0 spiro atoms. The zero-order valence-electron chi connectivity index (χ0n) is 11.2. The lowest BCUT2D eigenvalue weighted by molar-refractivity contribution is 0.740. The summed E-state index contributed by atoms with van der Waals surface area (Å²) in [6.07, 6.45) is 2.38. The largest absolute Gasteiger partial charge is 0.0836 e. The van der Waals surface area contributed by atoms with E-state index in [-0.39, 0.29) is 0 Å². The van der Waals surface area contributed by atoms with E-state index in [1.54, 1.807) is 0 Å². The van der Waals surface area contributed by atoms with Gasteiger partial charge in [-0.2, -0.15) is 0 Å². The Balaban J connectivity index is 1.69. The lowest BCUT2D eigenvalue weighted by Gasteiger charge is -2.10. The van der Waals surface area contributed by atoms with Gasteiger partial charge in [0.05, 0.1) is 0 Å². The Morgan fingerprint density at radius 3 is 2.16 bits per heavy atom. The maximum absolute atomic E-state index is 3.84. The average molecular weight is 315 g/mol. The molecule has 98 valence electrons. The number of halogens is 1. The molecule has 0 aliphatic heterocycles. The van der Waals surface area contributed by atoms with Crippen LogP contribution in [0.25, 0.3) is 0 Å². The van der Waals surface area contributed by atoms with Crippen molar-refractivity contribution in [3.05, 3.63) is 71.3 Å². The highest BCUT2D eigenvalue weighted by atomic mass is 79.9. The monoisotopic (exact) mass is 314 g/mol. The van der Waals surface area contributed by atoms with E-state index in [1.165, 1.54) is 23.1 Å². The summed E-state index contributed by atoms with van der Waals surface area (Å²) in [5.41, 5.74) is 4.19. The van der Waals surface area contributed by atoms with Crippen molar-refractivity contribution in [2.24, 2.45) is 11.8 Å². The van der Waals surface area contributed by atoms with Gasteiger partial charge in [0.15, 0.2) is 0 Å². The van der Waals surface area contributed by atoms with E-state index in [4.69, 9.17) is 0 Å². The van der Waals surface area contributed by atoms with Crippen molar-refractivity contribution in [3.8, 4) is 0 Å². The van der Waals surface area contributed by atoms with E-state index in [9.17, 15) is 0 Å². The molecule has 0 N–H and O–H groups in total. The molecular weight excluding hydrogens is 296 g/mol. The third-order valence-corrected chi connectivity index (χ3v) is 5.30. The molecule has 0 aromatic heterocycles. The minimum Gasteiger partial charge on any atom is -0.0836 e. The molecule has 1 aliphatic rings. The Morgan fingerprint density at radius 2 is 1.58 bits per heavy atom.